The van der Waals surface area contributed by atoms with Gasteiger partial charge in [0.1, 0.15) is 5.82 Å². The molecule has 6 rings (SSSR count). The number of halogens is 2. The Hall–Kier alpha value is -4.08. The molecule has 12 heteroatoms. The van der Waals surface area contributed by atoms with Crippen LogP contribution < -0.4 is 10.2 Å². The lowest BCUT2D eigenvalue weighted by molar-refractivity contribution is 0.0520. The highest BCUT2D eigenvalue weighted by Crippen LogP contribution is 2.51. The molecule has 2 aromatic carbocycles. The highest BCUT2D eigenvalue weighted by molar-refractivity contribution is 5.67. The normalized spacial score (nSPS) is 21.9. The van der Waals surface area contributed by atoms with Crippen molar-refractivity contribution >= 4 is 11.8 Å². The zero-order chi connectivity index (χ0) is 33.8. The van der Waals surface area contributed by atoms with Crippen LogP contribution in [-0.2, 0) is 23.2 Å². The third-order valence-corrected chi connectivity index (χ3v) is 10.9. The Morgan fingerprint density at radius 2 is 1.94 bits per heavy atom. The van der Waals surface area contributed by atoms with Gasteiger partial charge in [0.15, 0.2) is 5.82 Å². The molecule has 1 saturated carbocycles. The van der Waals surface area contributed by atoms with Crippen LogP contribution in [-0.4, -0.2) is 90.9 Å². The predicted octanol–water partition coefficient (Wildman–Crippen LogP) is 4.80. The first-order valence-corrected chi connectivity index (χ1v) is 17.0. The highest BCUT2D eigenvalue weighted by atomic mass is 19.1. The van der Waals surface area contributed by atoms with Gasteiger partial charge in [0.25, 0.3) is 0 Å². The molecule has 0 radical (unpaired) electrons. The molecule has 0 spiro atoms. The van der Waals surface area contributed by atoms with Gasteiger partial charge in [-0.25, -0.2) is 13.6 Å². The van der Waals surface area contributed by atoms with Crippen LogP contribution in [0.4, 0.5) is 19.3 Å². The summed E-state index contributed by atoms with van der Waals surface area (Å²) >= 11 is 0. The molecule has 3 fully saturated rings. The minimum atomic E-state index is -0.491. The molecule has 0 unspecified atom stereocenters. The maximum atomic E-state index is 15.5. The second kappa shape index (κ2) is 14.6. The molecule has 3 aliphatic rings. The van der Waals surface area contributed by atoms with Gasteiger partial charge in [0.05, 0.1) is 37.2 Å². The van der Waals surface area contributed by atoms with Crippen molar-refractivity contribution in [2.75, 3.05) is 58.8 Å². The molecular weight excluding hydrogens is 614 g/mol. The number of hydrogen-bond acceptors (Lipinski definition) is 8. The van der Waals surface area contributed by atoms with E-state index in [0.717, 1.165) is 70.4 Å². The summed E-state index contributed by atoms with van der Waals surface area (Å²) in [5.41, 5.74) is 1.85. The third kappa shape index (κ3) is 6.89. The SMILES string of the molecule is COC(=O)N[C@H]1CCC[C@@H]1[C@](Cn1ccnn1)(c1cccc(F)c1)C1CCN(CC2CN(c3ccc(C#N)c(CN(C)C)c3F)C2)CC1. The van der Waals surface area contributed by atoms with Crippen molar-refractivity contribution in [3.8, 4) is 6.07 Å². The number of carbonyl (C=O) groups is 1. The van der Waals surface area contributed by atoms with Gasteiger partial charge in [-0.1, -0.05) is 23.8 Å². The second-order valence-corrected chi connectivity index (χ2v) is 14.1. The molecule has 3 heterocycles. The summed E-state index contributed by atoms with van der Waals surface area (Å²) in [4.78, 5) is 18.9. The van der Waals surface area contributed by atoms with E-state index in [-0.39, 0.29) is 29.5 Å². The van der Waals surface area contributed by atoms with E-state index in [4.69, 9.17) is 4.74 Å². The topological polar surface area (TPSA) is 103 Å². The summed E-state index contributed by atoms with van der Waals surface area (Å²) in [6, 6.07) is 12.5. The van der Waals surface area contributed by atoms with E-state index in [1.807, 2.05) is 35.9 Å². The van der Waals surface area contributed by atoms with Crippen molar-refractivity contribution < 1.29 is 18.3 Å². The molecule has 1 aromatic heterocycles. The molecule has 256 valence electrons. The van der Waals surface area contributed by atoms with E-state index in [9.17, 15) is 14.4 Å². The van der Waals surface area contributed by atoms with Crippen molar-refractivity contribution in [3.63, 3.8) is 0 Å². The second-order valence-electron chi connectivity index (χ2n) is 14.1. The number of anilines is 1. The molecule has 1 aliphatic carbocycles. The lowest BCUT2D eigenvalue weighted by Gasteiger charge is -2.51. The Morgan fingerprint density at radius 1 is 1.15 bits per heavy atom. The summed E-state index contributed by atoms with van der Waals surface area (Å²) in [6.07, 6.45) is 7.63. The molecule has 48 heavy (non-hydrogen) atoms. The summed E-state index contributed by atoms with van der Waals surface area (Å²) in [5.74, 6) is 0.116. The quantitative estimate of drug-likeness (QED) is 0.313. The predicted molar refractivity (Wildman–Crippen MR) is 178 cm³/mol. The molecule has 10 nitrogen and oxygen atoms in total. The Morgan fingerprint density at radius 3 is 2.60 bits per heavy atom. The lowest BCUT2D eigenvalue weighted by atomic mass is 9.58. The first kappa shape index (κ1) is 33.8. The molecule has 3 atom stereocenters. The number of alkyl carbamates (subject to hydrolysis) is 1. The lowest BCUT2D eigenvalue weighted by Crippen LogP contribution is -2.56. The van der Waals surface area contributed by atoms with Crippen molar-refractivity contribution in [2.24, 2.45) is 17.8 Å². The van der Waals surface area contributed by atoms with Crippen LogP contribution in [0.1, 0.15) is 48.8 Å². The van der Waals surface area contributed by atoms with Gasteiger partial charge in [-0.3, -0.25) is 4.68 Å². The summed E-state index contributed by atoms with van der Waals surface area (Å²) in [5, 5.41) is 21.1. The summed E-state index contributed by atoms with van der Waals surface area (Å²) < 4.78 is 37.4. The maximum absolute atomic E-state index is 15.5. The number of amides is 1. The van der Waals surface area contributed by atoms with E-state index in [1.165, 1.54) is 13.2 Å². The van der Waals surface area contributed by atoms with Crippen LogP contribution in [0.15, 0.2) is 48.8 Å². The molecule has 2 aliphatic heterocycles. The number of likely N-dealkylation sites (tertiary alicyclic amines) is 1. The third-order valence-electron chi connectivity index (χ3n) is 10.9. The van der Waals surface area contributed by atoms with Gasteiger partial charge in [-0.05, 0) is 94.5 Å². The molecule has 1 N–H and O–H groups in total. The fourth-order valence-electron chi connectivity index (χ4n) is 8.72. The Labute approximate surface area is 281 Å². The van der Waals surface area contributed by atoms with E-state index in [1.54, 1.807) is 30.5 Å². The van der Waals surface area contributed by atoms with Crippen LogP contribution in [0, 0.1) is 40.7 Å². The Balaban J connectivity index is 1.18. The molecule has 2 saturated heterocycles. The fraction of sp³-hybridized carbons (Fsp3) is 0.556. The average molecular weight is 661 g/mol. The molecule has 1 amide bonds. The van der Waals surface area contributed by atoms with Crippen molar-refractivity contribution in [1.29, 1.82) is 5.26 Å². The highest BCUT2D eigenvalue weighted by Gasteiger charge is 2.52. The fourth-order valence-corrected chi connectivity index (χ4v) is 8.72. The minimum absolute atomic E-state index is 0.0547. The number of hydrogen-bond donors (Lipinski definition) is 1. The first-order valence-electron chi connectivity index (χ1n) is 17.0. The molecular formula is C36H46F2N8O2. The van der Waals surface area contributed by atoms with Gasteiger partial charge in [0, 0.05) is 55.3 Å². The van der Waals surface area contributed by atoms with Crippen LogP contribution in [0.5, 0.6) is 0 Å². The monoisotopic (exact) mass is 660 g/mol. The number of piperidine rings is 1. The number of benzene rings is 2. The van der Waals surface area contributed by atoms with Crippen molar-refractivity contribution in [1.82, 2.24) is 30.1 Å². The number of carbonyl (C=O) groups excluding carboxylic acids is 1. The zero-order valence-corrected chi connectivity index (χ0v) is 28.1. The van der Waals surface area contributed by atoms with E-state index in [2.05, 4.69) is 31.5 Å². The van der Waals surface area contributed by atoms with Crippen LogP contribution in [0.25, 0.3) is 0 Å². The van der Waals surface area contributed by atoms with E-state index < -0.39 is 11.5 Å². The molecule has 0 bridgehead atoms. The Kier molecular flexibility index (Phi) is 10.3. The zero-order valence-electron chi connectivity index (χ0n) is 28.1. The average Bonchev–Trinajstić information content (AvgIpc) is 3.75. The number of nitrogens with one attached hydrogen (secondary N) is 1. The molecule has 3 aromatic rings. The number of nitrogens with zero attached hydrogens (tertiary/aromatic N) is 7. The van der Waals surface area contributed by atoms with Crippen molar-refractivity contribution in [3.05, 3.63) is 77.1 Å². The summed E-state index contributed by atoms with van der Waals surface area (Å²) in [7, 11) is 5.13. The standard InChI is InChI=1S/C36H46F2N8O2/c1-43(2)23-30-26(19-39)10-11-33(34(30)38)45-21-25(22-45)20-44-15-12-27(13-16-44)36(24-46-17-14-40-42-46,28-6-4-7-29(37)18-28)31-8-5-9-32(31)41-35(47)48-3/h4,6-7,10-11,14,17-18,25,27,31-32H,5,8-9,12-13,15-16,20-24H2,1-3H3,(H,41,47)/t31-,32-,36-/m0/s1. The van der Waals surface area contributed by atoms with Crippen LogP contribution in [0.3, 0.4) is 0 Å². The largest absolute Gasteiger partial charge is 0.453 e. The first-order chi connectivity index (χ1) is 23.2. The van der Waals surface area contributed by atoms with Crippen molar-refractivity contribution in [2.45, 2.75) is 56.7 Å². The number of methoxy groups -OCH3 is 1. The Bertz CT molecular complexity index is 1600. The number of aromatic nitrogens is 3. The minimum Gasteiger partial charge on any atom is -0.453 e. The summed E-state index contributed by atoms with van der Waals surface area (Å²) in [6.45, 7) is 5.18. The van der Waals surface area contributed by atoms with Gasteiger partial charge in [-0.2, -0.15) is 5.26 Å². The number of nitriles is 1. The number of rotatable bonds is 11. The smallest absolute Gasteiger partial charge is 0.407 e. The van der Waals surface area contributed by atoms with Gasteiger partial charge < -0.3 is 24.8 Å². The maximum Gasteiger partial charge on any atom is 0.407 e. The van der Waals surface area contributed by atoms with E-state index in [0.29, 0.717) is 35.8 Å². The van der Waals surface area contributed by atoms with Gasteiger partial charge >= 0.3 is 6.09 Å². The van der Waals surface area contributed by atoms with Gasteiger partial charge in [-0.15, -0.1) is 5.10 Å². The van der Waals surface area contributed by atoms with E-state index >= 15 is 4.39 Å². The van der Waals surface area contributed by atoms with Crippen LogP contribution >= 0.6 is 0 Å². The number of ether oxygens (including phenoxy) is 1. The van der Waals surface area contributed by atoms with Gasteiger partial charge in [0.2, 0.25) is 0 Å². The van der Waals surface area contributed by atoms with Crippen LogP contribution in [0.2, 0.25) is 0 Å².